The first-order chi connectivity index (χ1) is 13.6. The molecule has 0 aliphatic rings. The zero-order valence-electron chi connectivity index (χ0n) is 20.8. The van der Waals surface area contributed by atoms with Gasteiger partial charge < -0.3 is 27.0 Å². The van der Waals surface area contributed by atoms with Crippen LogP contribution in [0.5, 0.6) is 0 Å². The summed E-state index contributed by atoms with van der Waals surface area (Å²) in [6.07, 6.45) is 0. The summed E-state index contributed by atoms with van der Waals surface area (Å²) in [5.74, 6) is 6.23. The van der Waals surface area contributed by atoms with Crippen LogP contribution < -0.4 is 119 Å². The first kappa shape index (κ1) is 67.6. The normalized spacial score (nSPS) is 8.50. The number of benzene rings is 2. The molecule has 38 heavy (non-hydrogen) atoms. The number of hydrazine groups is 1. The number of aliphatic carboxylic acids is 1. The monoisotopic (exact) mass is 668 g/mol. The van der Waals surface area contributed by atoms with Crippen LogP contribution in [0.4, 0.5) is 0 Å². The second-order valence-electron chi connectivity index (χ2n) is 4.80. The summed E-state index contributed by atoms with van der Waals surface area (Å²) in [7, 11) is -7.88. The summed E-state index contributed by atoms with van der Waals surface area (Å²) < 4.78 is 56.2. The van der Waals surface area contributed by atoms with Gasteiger partial charge in [0.25, 0.3) is 24.0 Å². The number of hydrogen-bond donors (Lipinski definition) is 5. The molecule has 2 rings (SSSR count). The van der Waals surface area contributed by atoms with Crippen LogP contribution in [0, 0.1) is 0 Å². The van der Waals surface area contributed by atoms with Crippen molar-refractivity contribution in [2.45, 2.75) is 14.4 Å². The van der Waals surface area contributed by atoms with Gasteiger partial charge in [0, 0.05) is 0 Å². The minimum Gasteiger partial charge on any atom is -0.870 e. The molecule has 2 aromatic carbocycles. The van der Waals surface area contributed by atoms with Crippen molar-refractivity contribution in [3.8, 4) is 0 Å². The van der Waals surface area contributed by atoms with E-state index in [1.165, 1.54) is 12.1 Å². The average molecular weight is 670 g/mol. The quantitative estimate of drug-likeness (QED) is 0.0666. The Morgan fingerprint density at radius 2 is 1.00 bits per heavy atom. The van der Waals surface area contributed by atoms with Crippen molar-refractivity contribution in [1.29, 1.82) is 0 Å². The molecule has 11 N–H and O–H groups in total. The Balaban J connectivity index is -0.0000000345. The molecule has 0 amide bonds. The number of halogens is 3. The molecule has 0 aliphatic heterocycles. The maximum atomic E-state index is 10.4. The van der Waals surface area contributed by atoms with Crippen molar-refractivity contribution in [2.75, 3.05) is 0 Å². The van der Waals surface area contributed by atoms with Gasteiger partial charge in [0.2, 0.25) is 0 Å². The number of carboxylic acid groups (broad SMARTS) is 1. The van der Waals surface area contributed by atoms with Crippen LogP contribution in [-0.2, 0) is 30.8 Å². The predicted octanol–water partition coefficient (Wildman–Crippen LogP) is -10.4. The van der Waals surface area contributed by atoms with E-state index in [0.29, 0.717) is 5.56 Å². The van der Waals surface area contributed by atoms with Gasteiger partial charge in [-0.2, -0.15) is 16.8 Å². The fraction of sp³-hybridized carbons (Fsp3) is 0.133. The maximum absolute atomic E-state index is 10.4. The summed E-state index contributed by atoms with van der Waals surface area (Å²) >= 11 is 14.4. The number of nitrogens with two attached hydrogens (primary N) is 2. The number of alkyl halides is 3. The average Bonchev–Trinajstić information content (AvgIpc) is 2.63. The van der Waals surface area contributed by atoms with E-state index in [9.17, 15) is 21.6 Å². The van der Waals surface area contributed by atoms with Crippen molar-refractivity contribution in [1.82, 2.24) is 0 Å². The first-order valence-electron chi connectivity index (χ1n) is 7.28. The molecule has 0 saturated carbocycles. The van der Waals surface area contributed by atoms with Crippen molar-refractivity contribution in [3.05, 3.63) is 66.2 Å². The smallest absolute Gasteiger partial charge is 0.870 e. The zero-order chi connectivity index (χ0) is 24.0. The van der Waals surface area contributed by atoms with Crippen LogP contribution in [0.3, 0.4) is 0 Å². The van der Waals surface area contributed by atoms with E-state index >= 15 is 0 Å². The van der Waals surface area contributed by atoms with Crippen LogP contribution in [0.15, 0.2) is 65.6 Å². The molecule has 0 saturated heterocycles. The Kier molecular flexibility index (Phi) is 62.5. The molecule has 0 aromatic heterocycles. The Labute approximate surface area is 314 Å². The van der Waals surface area contributed by atoms with Crippen LogP contribution in [-0.4, -0.2) is 62.7 Å². The van der Waals surface area contributed by atoms with Gasteiger partial charge in [0.05, 0.1) is 4.90 Å². The third kappa shape index (κ3) is 42.4. The second kappa shape index (κ2) is 35.2. The molecule has 0 atom stereocenters. The van der Waals surface area contributed by atoms with E-state index in [1.54, 1.807) is 48.5 Å². The Hall–Kier alpha value is 1.96. The largest absolute Gasteiger partial charge is 1.00 e. The van der Waals surface area contributed by atoms with Gasteiger partial charge in [0.15, 0.2) is 0 Å². The van der Waals surface area contributed by atoms with Crippen LogP contribution in [0.2, 0.25) is 0 Å². The maximum Gasteiger partial charge on any atom is 1.00 e. The number of hydrogen-bond acceptors (Lipinski definition) is 11. The van der Waals surface area contributed by atoms with E-state index in [-0.39, 0.29) is 140 Å². The van der Waals surface area contributed by atoms with Gasteiger partial charge in [-0.05, 0) is 17.7 Å². The molecule has 23 heteroatoms. The first-order valence-corrected chi connectivity index (χ1v) is 11.5. The molecule has 0 spiro atoms. The Morgan fingerprint density at radius 3 is 1.18 bits per heavy atom. The Morgan fingerprint density at radius 1 is 0.737 bits per heavy atom. The number of rotatable bonds is 3. The summed E-state index contributed by atoms with van der Waals surface area (Å²) in [6, 6.07) is 15.9. The van der Waals surface area contributed by atoms with Crippen molar-refractivity contribution >= 4 is 61.0 Å². The Bertz CT molecular complexity index is 981. The van der Waals surface area contributed by atoms with E-state index in [1.807, 2.05) is 0 Å². The predicted molar refractivity (Wildman–Crippen MR) is 122 cm³/mol. The van der Waals surface area contributed by atoms with Crippen molar-refractivity contribution in [2.24, 2.45) is 11.7 Å². The molecule has 2 aromatic rings. The van der Waals surface area contributed by atoms with E-state index in [2.05, 4.69) is 11.7 Å². The molecule has 0 radical (unpaired) electrons. The van der Waals surface area contributed by atoms with E-state index in [4.69, 9.17) is 49.0 Å². The summed E-state index contributed by atoms with van der Waals surface area (Å²) in [5, 5.41) is 7.85. The molecular formula is C15H23Cl3LiN2Na3O12S2. The molecule has 0 unspecified atom stereocenters. The zero-order valence-corrected chi connectivity index (χ0v) is 30.7. The summed E-state index contributed by atoms with van der Waals surface area (Å²) in [5.41, 5.74) is 0.593. The standard InChI is InChI=1S/C7H8O3S.C6H6O3S.C2HCl3O2.Li.H4N2.3Na.4H2O/c8-11(9,10)6-7-4-2-1-3-5-7;7-10(8,9)6-4-2-1-3-5-6;3-2(4,5)1(6)7;;1-2;;;;;;;/h1-5H,6H2,(H,8,9,10);1-5H,(H,7,8,9);(H,6,7);;1-2H2;;;;4*1H2/q;;;+1;;3*+1;;;;/p-4. The SMILES string of the molecule is NN.O=C(O)C(Cl)(Cl)Cl.O=S(=O)(O)Cc1ccccc1.O=S(=O)(O)c1ccccc1.[Li+].[Na+].[Na+].[Na+].[OH-].[OH-].[OH-].[OH-]. The van der Waals surface area contributed by atoms with Gasteiger partial charge >= 0.3 is 114 Å². The third-order valence-corrected chi connectivity index (χ3v) is 4.53. The van der Waals surface area contributed by atoms with Crippen molar-refractivity contribution < 1.29 is 165 Å². The second-order valence-corrected chi connectivity index (χ2v) is 9.96. The molecule has 0 bridgehead atoms. The topological polar surface area (TPSA) is 318 Å². The van der Waals surface area contributed by atoms with E-state index < -0.39 is 30.0 Å². The van der Waals surface area contributed by atoms with Crippen molar-refractivity contribution in [3.63, 3.8) is 0 Å². The fourth-order valence-electron chi connectivity index (χ4n) is 1.38. The molecule has 14 nitrogen and oxygen atoms in total. The minimum atomic E-state index is -4.00. The summed E-state index contributed by atoms with van der Waals surface area (Å²) in [6.45, 7) is 0. The molecule has 0 heterocycles. The third-order valence-electron chi connectivity index (χ3n) is 2.48. The van der Waals surface area contributed by atoms with Crippen LogP contribution in [0.1, 0.15) is 5.56 Å². The fourth-order valence-corrected chi connectivity index (χ4v) is 2.49. The van der Waals surface area contributed by atoms with Gasteiger partial charge in [-0.3, -0.25) is 20.8 Å². The number of carboxylic acids is 1. The molecule has 202 valence electrons. The molecular weight excluding hydrogens is 647 g/mol. The van der Waals surface area contributed by atoms with Gasteiger partial charge in [-0.1, -0.05) is 83.3 Å². The number of carbonyl (C=O) groups is 1. The van der Waals surface area contributed by atoms with Gasteiger partial charge in [-0.25, -0.2) is 4.79 Å². The molecule has 0 fully saturated rings. The van der Waals surface area contributed by atoms with Crippen LogP contribution in [0.25, 0.3) is 0 Å². The molecule has 0 aliphatic carbocycles. The van der Waals surface area contributed by atoms with Crippen LogP contribution >= 0.6 is 34.8 Å². The minimum absolute atomic E-state index is 0. The summed E-state index contributed by atoms with van der Waals surface area (Å²) in [4.78, 5) is 9.55. The van der Waals surface area contributed by atoms with E-state index in [0.717, 1.165) is 0 Å². The van der Waals surface area contributed by atoms with Gasteiger partial charge in [-0.15, -0.1) is 0 Å². The van der Waals surface area contributed by atoms with Gasteiger partial charge in [0.1, 0.15) is 5.75 Å².